The summed E-state index contributed by atoms with van der Waals surface area (Å²) in [7, 11) is 0. The first-order chi connectivity index (χ1) is 30.1. The van der Waals surface area contributed by atoms with Crippen LogP contribution in [0, 0.1) is 0 Å². The lowest BCUT2D eigenvalue weighted by Gasteiger charge is -2.12. The predicted molar refractivity (Wildman–Crippen MR) is 236 cm³/mol. The van der Waals surface area contributed by atoms with Gasteiger partial charge in [-0.15, -0.1) is 0 Å². The van der Waals surface area contributed by atoms with Crippen LogP contribution < -0.4 is 40.2 Å². The van der Waals surface area contributed by atoms with E-state index in [-0.39, 0.29) is 28.7 Å². The first-order valence-electron chi connectivity index (χ1n) is 19.2. The van der Waals surface area contributed by atoms with Gasteiger partial charge in [-0.3, -0.25) is 16.0 Å². The third-order valence-corrected chi connectivity index (χ3v) is 9.01. The van der Waals surface area contributed by atoms with Gasteiger partial charge >= 0.3 is 18.3 Å². The molecule has 0 fully saturated rings. The van der Waals surface area contributed by atoms with Crippen LogP contribution in [-0.2, 0) is 12.8 Å². The third-order valence-electron chi connectivity index (χ3n) is 9.01. The number of ether oxygens (including phenoxy) is 4. The second-order valence-electron chi connectivity index (χ2n) is 13.8. The maximum atomic E-state index is 12.8. The smallest absolute Gasteiger partial charge is 0.417 e. The van der Waals surface area contributed by atoms with Crippen LogP contribution in [0.4, 0.5) is 37.1 Å². The summed E-state index contributed by atoms with van der Waals surface area (Å²) >= 11 is 0. The molecule has 0 aromatic heterocycles. The number of rotatable bonds is 14. The topological polar surface area (TPSA) is 177 Å². The van der Waals surface area contributed by atoms with Crippen LogP contribution >= 0.6 is 0 Å². The van der Waals surface area contributed by atoms with Crippen molar-refractivity contribution in [1.29, 1.82) is 0 Å². The van der Waals surface area contributed by atoms with Gasteiger partial charge in [0.25, 0.3) is 0 Å². The molecule has 7 aromatic rings. The summed E-state index contributed by atoms with van der Waals surface area (Å²) in [5.41, 5.74) is 6.23. The van der Waals surface area contributed by atoms with Crippen molar-refractivity contribution in [3.63, 3.8) is 0 Å². The Labute approximate surface area is 356 Å². The molecule has 0 aliphatic rings. The zero-order valence-corrected chi connectivity index (χ0v) is 33.0. The van der Waals surface area contributed by atoms with E-state index in [4.69, 9.17) is 18.9 Å². The van der Waals surface area contributed by atoms with E-state index in [1.807, 2.05) is 60.7 Å². The Kier molecular flexibility index (Phi) is 13.3. The minimum Gasteiger partial charge on any atom is -0.508 e. The van der Waals surface area contributed by atoms with Gasteiger partial charge in [0.05, 0.1) is 0 Å². The number of para-hydroxylation sites is 1. The molecule has 0 spiro atoms. The number of anilines is 4. The highest BCUT2D eigenvalue weighted by Gasteiger charge is 2.13. The van der Waals surface area contributed by atoms with Gasteiger partial charge in [-0.25, -0.2) is 14.4 Å². The molecule has 7 rings (SSSR count). The molecule has 0 unspecified atom stereocenters. The van der Waals surface area contributed by atoms with Gasteiger partial charge in [-0.05, 0) is 121 Å². The summed E-state index contributed by atoms with van der Waals surface area (Å²) in [6.07, 6.45) is -1.02. The van der Waals surface area contributed by atoms with E-state index in [2.05, 4.69) is 27.8 Å². The number of amides is 3. The number of phenols is 2. The molecule has 0 radical (unpaired) electrons. The Morgan fingerprint density at radius 2 is 0.823 bits per heavy atom. The molecule has 0 bridgehead atoms. The molecule has 6 N–H and O–H groups in total. The average molecular weight is 829 g/mol. The second kappa shape index (κ2) is 19.8. The molecule has 13 heteroatoms. The van der Waals surface area contributed by atoms with E-state index in [1.165, 1.54) is 24.3 Å². The highest BCUT2D eigenvalue weighted by atomic mass is 16.6. The minimum atomic E-state index is -0.742. The molecular formula is C49H40N4O9. The van der Waals surface area contributed by atoms with Crippen molar-refractivity contribution >= 4 is 41.0 Å². The Balaban J connectivity index is 0.843. The number of phenolic OH excluding ortho intramolecular Hbond substituents is 2. The van der Waals surface area contributed by atoms with Crippen molar-refractivity contribution in [2.24, 2.45) is 0 Å². The van der Waals surface area contributed by atoms with Crippen molar-refractivity contribution in [3.05, 3.63) is 205 Å². The Morgan fingerprint density at radius 1 is 0.419 bits per heavy atom. The number of benzene rings is 7. The summed E-state index contributed by atoms with van der Waals surface area (Å²) in [5.74, 6) is 1.41. The van der Waals surface area contributed by atoms with E-state index in [0.717, 1.165) is 27.9 Å². The van der Waals surface area contributed by atoms with Crippen LogP contribution in [0.3, 0.4) is 0 Å². The van der Waals surface area contributed by atoms with Crippen molar-refractivity contribution in [3.8, 4) is 34.5 Å². The molecule has 0 saturated heterocycles. The zero-order valence-electron chi connectivity index (χ0n) is 33.0. The van der Waals surface area contributed by atoms with Crippen molar-refractivity contribution in [2.75, 3.05) is 21.3 Å². The average Bonchev–Trinajstić information content (AvgIpc) is 3.24. The molecule has 0 saturated carbocycles. The minimum absolute atomic E-state index is 0.0164. The van der Waals surface area contributed by atoms with Gasteiger partial charge < -0.3 is 34.5 Å². The highest BCUT2D eigenvalue weighted by molar-refractivity contribution is 5.88. The van der Waals surface area contributed by atoms with Crippen molar-refractivity contribution in [2.45, 2.75) is 12.8 Å². The molecule has 0 heterocycles. The summed E-state index contributed by atoms with van der Waals surface area (Å²) in [6.45, 7) is 3.88. The van der Waals surface area contributed by atoms with Crippen LogP contribution in [0.2, 0.25) is 0 Å². The molecule has 0 aliphatic carbocycles. The number of aromatic hydroxyl groups is 2. The predicted octanol–water partition coefficient (Wildman–Crippen LogP) is 11.1. The fourth-order valence-corrected chi connectivity index (χ4v) is 6.14. The van der Waals surface area contributed by atoms with Gasteiger partial charge in [0.2, 0.25) is 0 Å². The van der Waals surface area contributed by atoms with Crippen molar-refractivity contribution < 1.29 is 43.5 Å². The van der Waals surface area contributed by atoms with E-state index < -0.39 is 18.3 Å². The van der Waals surface area contributed by atoms with Gasteiger partial charge in [0.15, 0.2) is 5.88 Å². The van der Waals surface area contributed by atoms with Crippen LogP contribution in [0.1, 0.15) is 22.3 Å². The Morgan fingerprint density at radius 3 is 1.32 bits per heavy atom. The van der Waals surface area contributed by atoms with Gasteiger partial charge in [-0.2, -0.15) is 0 Å². The number of carbonyl (C=O) groups is 3. The lowest BCUT2D eigenvalue weighted by atomic mass is 10.0. The van der Waals surface area contributed by atoms with Gasteiger partial charge in [0, 0.05) is 40.9 Å². The fraction of sp³-hybridized carbons (Fsp3) is 0.0408. The standard InChI is InChI=1S/C49H40N4O9/c1-32(59-42-10-4-8-40(54)29-42)50-37-21-15-33(16-22-37)27-34-17-23-38(24-18-34)51-47(56)61-44-12-6-13-45(31-44)62-48(57)52-39-25-19-35(20-26-39)28-36-7-2-3-14-46(36)53-49(58)60-43-11-5-9-41(55)30-43/h2-26,29-31,50,54-55H,1,27-28H2,(H,51,56)(H,52,57)(H,53,58). The number of carbonyl (C=O) groups excluding carboxylic acids is 3. The summed E-state index contributed by atoms with van der Waals surface area (Å²) in [6, 6.07) is 48.2. The maximum absolute atomic E-state index is 12.8. The molecule has 3 amide bonds. The molecule has 7 aromatic carbocycles. The van der Waals surface area contributed by atoms with Crippen LogP contribution in [0.15, 0.2) is 182 Å². The number of nitrogens with one attached hydrogen (secondary N) is 4. The first kappa shape index (κ1) is 41.4. The monoisotopic (exact) mass is 828 g/mol. The zero-order chi connectivity index (χ0) is 43.3. The van der Waals surface area contributed by atoms with Crippen molar-refractivity contribution in [1.82, 2.24) is 0 Å². The highest BCUT2D eigenvalue weighted by Crippen LogP contribution is 2.25. The summed E-state index contributed by atoms with van der Waals surface area (Å²) in [5, 5.41) is 30.5. The van der Waals surface area contributed by atoms with Crippen LogP contribution in [0.25, 0.3) is 0 Å². The lowest BCUT2D eigenvalue weighted by molar-refractivity contribution is 0.212. The fourth-order valence-electron chi connectivity index (χ4n) is 6.14. The molecule has 13 nitrogen and oxygen atoms in total. The first-order valence-corrected chi connectivity index (χ1v) is 19.2. The Bertz CT molecular complexity index is 2690. The van der Waals surface area contributed by atoms with Gasteiger partial charge in [0.1, 0.15) is 34.5 Å². The number of hydrogen-bond acceptors (Lipinski definition) is 10. The molecule has 62 heavy (non-hydrogen) atoms. The SMILES string of the molecule is C=C(Nc1ccc(Cc2ccc(NC(=O)Oc3cccc(OC(=O)Nc4ccc(Cc5ccccc5NC(=O)Oc5cccc(O)c5)cc4)c3)cc2)cc1)Oc1cccc(O)c1. The molecular weight excluding hydrogens is 789 g/mol. The third kappa shape index (κ3) is 12.4. The van der Waals surface area contributed by atoms with E-state index in [9.17, 15) is 24.6 Å². The molecule has 0 atom stereocenters. The largest absolute Gasteiger partial charge is 0.508 e. The summed E-state index contributed by atoms with van der Waals surface area (Å²) in [4.78, 5) is 38.0. The van der Waals surface area contributed by atoms with Crippen LogP contribution in [0.5, 0.6) is 34.5 Å². The normalized spacial score (nSPS) is 10.5. The quantitative estimate of drug-likeness (QED) is 0.0578. The lowest BCUT2D eigenvalue weighted by Crippen LogP contribution is -2.18. The molecule has 0 aliphatic heterocycles. The number of hydrogen-bond donors (Lipinski definition) is 6. The molecule has 310 valence electrons. The van der Waals surface area contributed by atoms with Crippen LogP contribution in [-0.4, -0.2) is 28.5 Å². The Hall–Kier alpha value is -8.71. The second-order valence-corrected chi connectivity index (χ2v) is 13.8. The van der Waals surface area contributed by atoms with Gasteiger partial charge in [-0.1, -0.05) is 72.8 Å². The maximum Gasteiger partial charge on any atom is 0.417 e. The van der Waals surface area contributed by atoms with E-state index in [1.54, 1.807) is 84.9 Å². The van der Waals surface area contributed by atoms with E-state index >= 15 is 0 Å². The summed E-state index contributed by atoms with van der Waals surface area (Å²) < 4.78 is 21.8. The van der Waals surface area contributed by atoms with E-state index in [0.29, 0.717) is 41.5 Å².